The van der Waals surface area contributed by atoms with E-state index in [4.69, 9.17) is 23.2 Å². The Morgan fingerprint density at radius 3 is 1.40 bits per heavy atom. The molecule has 0 saturated heterocycles. The van der Waals surface area contributed by atoms with Crippen molar-refractivity contribution >= 4 is 23.1 Å². The molecule has 2 nitrogen and oxygen atoms in total. The molecule has 0 spiro atoms. The molecule has 1 fully saturated rings. The zero-order valence-electron chi connectivity index (χ0n) is 26.3. The van der Waals surface area contributed by atoms with Crippen LogP contribution >= 0.6 is 0 Å². The van der Waals surface area contributed by atoms with Crippen LogP contribution in [-0.4, -0.2) is 30.4 Å². The molecule has 0 radical (unpaired) electrons. The van der Waals surface area contributed by atoms with E-state index in [1.54, 1.807) is 0 Å². The Kier molecular flexibility index (Phi) is 2.45. The molecule has 180 valence electrons. The van der Waals surface area contributed by atoms with Crippen molar-refractivity contribution in [3.8, 4) is 23.0 Å². The van der Waals surface area contributed by atoms with E-state index in [0.29, 0.717) is 0 Å². The first-order chi connectivity index (χ1) is 20.4. The van der Waals surface area contributed by atoms with Crippen LogP contribution in [0.4, 0.5) is 39.5 Å². The molecule has 2 heterocycles. The minimum atomic E-state index is -7.09. The smallest absolute Gasteiger partial charge is 0.382 e. The van der Waals surface area contributed by atoms with Gasteiger partial charge in [0.15, 0.2) is 0 Å². The van der Waals surface area contributed by atoms with Gasteiger partial charge in [-0.2, -0.15) is 35.1 Å². The highest BCUT2D eigenvalue weighted by Gasteiger charge is 3.00. The fraction of sp³-hybridized carbons (Fsp3) is 0.217. The summed E-state index contributed by atoms with van der Waals surface area (Å²) >= 11 is 0. The third kappa shape index (κ3) is 2.26. The highest BCUT2D eigenvalue weighted by atomic mass is 19.4. The first kappa shape index (κ1) is 13.7. The van der Waals surface area contributed by atoms with Crippen LogP contribution in [-0.2, 0) is 5.67 Å². The first-order valence-corrected chi connectivity index (χ1v) is 9.38. The fourth-order valence-electron chi connectivity index (χ4n) is 4.26. The third-order valence-electron chi connectivity index (χ3n) is 5.99. The monoisotopic (exact) mass is 510 g/mol. The molecular formula is C23H10BF9O2. The molecule has 0 bridgehead atoms. The van der Waals surface area contributed by atoms with E-state index >= 15 is 4.39 Å². The van der Waals surface area contributed by atoms with E-state index in [0.717, 1.165) is 0 Å². The second kappa shape index (κ2) is 6.27. The lowest BCUT2D eigenvalue weighted by Gasteiger charge is -2.36. The summed E-state index contributed by atoms with van der Waals surface area (Å²) < 4.78 is 225. The molecule has 0 amide bonds. The second-order valence-corrected chi connectivity index (χ2v) is 7.78. The lowest BCUT2D eigenvalue weighted by atomic mass is 9.35. The Labute approximate surface area is 205 Å². The molecular weight excluding hydrogens is 490 g/mol. The van der Waals surface area contributed by atoms with Crippen LogP contribution in [0.15, 0.2) is 60.4 Å². The molecule has 3 aliphatic rings. The molecule has 0 unspecified atom stereocenters. The third-order valence-corrected chi connectivity index (χ3v) is 5.99. The van der Waals surface area contributed by atoms with E-state index in [9.17, 15) is 35.1 Å². The SMILES string of the molecule is [2H]c1c([2H])c([2H])c2c(c1[2H])Oc1c([2H])c(C3(F)C(F)(F)C(F)(F)C(F)(F)C3(F)F)c([2H])c3c1B2c1c([2H])c([2H])c([2H])c([2H])c1O3. The van der Waals surface area contributed by atoms with Gasteiger partial charge in [0.2, 0.25) is 0 Å². The Morgan fingerprint density at radius 2 is 0.971 bits per heavy atom. The predicted molar refractivity (Wildman–Crippen MR) is 107 cm³/mol. The number of alkyl halides is 9. The summed E-state index contributed by atoms with van der Waals surface area (Å²) in [6.45, 7) is -1.99. The minimum Gasteiger partial charge on any atom is -0.458 e. The Hall–Kier alpha value is -3.31. The van der Waals surface area contributed by atoms with Gasteiger partial charge in [0, 0.05) is 11.0 Å². The number of para-hydroxylation sites is 2. The van der Waals surface area contributed by atoms with Crippen LogP contribution in [0.5, 0.6) is 23.0 Å². The van der Waals surface area contributed by atoms with Crippen molar-refractivity contribution < 1.29 is 62.7 Å². The quantitative estimate of drug-likeness (QED) is 0.230. The summed E-state index contributed by atoms with van der Waals surface area (Å²) in [6.07, 6.45) is 0. The van der Waals surface area contributed by atoms with Gasteiger partial charge >= 0.3 is 23.7 Å². The highest BCUT2D eigenvalue weighted by molar-refractivity contribution is 6.98. The van der Waals surface area contributed by atoms with E-state index in [1.807, 2.05) is 0 Å². The molecule has 0 aromatic heterocycles. The normalized spacial score (nSPS) is 26.8. The molecule has 2 aliphatic heterocycles. The summed E-state index contributed by atoms with van der Waals surface area (Å²) in [5, 5.41) is 0. The minimum absolute atomic E-state index is 0.652. The van der Waals surface area contributed by atoms with Gasteiger partial charge < -0.3 is 9.47 Å². The van der Waals surface area contributed by atoms with E-state index < -0.39 is 141 Å². The van der Waals surface area contributed by atoms with Crippen molar-refractivity contribution in [2.75, 3.05) is 0 Å². The Bertz CT molecular complexity index is 1800. The van der Waals surface area contributed by atoms with Crippen molar-refractivity contribution in [3.63, 3.8) is 0 Å². The van der Waals surface area contributed by atoms with Gasteiger partial charge in [-0.05, 0) is 35.1 Å². The molecule has 35 heavy (non-hydrogen) atoms. The van der Waals surface area contributed by atoms with E-state index in [-0.39, 0.29) is 0 Å². The maximum Gasteiger partial charge on any atom is 0.382 e. The topological polar surface area (TPSA) is 18.5 Å². The predicted octanol–water partition coefficient (Wildman–Crippen LogP) is 5.13. The number of halogens is 9. The van der Waals surface area contributed by atoms with E-state index in [1.165, 1.54) is 0 Å². The Morgan fingerprint density at radius 1 is 0.571 bits per heavy atom. The summed E-state index contributed by atoms with van der Waals surface area (Å²) in [6, 6.07) is -12.3. The average molecular weight is 510 g/mol. The standard InChI is InChI=1S/C23H10BF9O2/c25-19(20(26,27)22(30,31)23(32,33)21(19,28)29)11-9-16-18-17(10-11)35-15-8-4-2-6-13(15)24(18)12-5-1-3-7-14(12)34-16/h1-10H/i1D,2D,3D,4D,5D,6D,7D,8D,9D,10D. The molecule has 1 saturated carbocycles. The van der Waals surface area contributed by atoms with Crippen LogP contribution in [0, 0.1) is 0 Å². The van der Waals surface area contributed by atoms with Crippen molar-refractivity contribution in [3.05, 3.63) is 66.0 Å². The molecule has 0 atom stereocenters. The van der Waals surface area contributed by atoms with Crippen molar-refractivity contribution in [2.24, 2.45) is 0 Å². The molecule has 1 aliphatic carbocycles. The summed E-state index contributed by atoms with van der Waals surface area (Å²) in [7, 11) is 0. The lowest BCUT2D eigenvalue weighted by molar-refractivity contribution is -0.303. The maximum atomic E-state index is 16.2. The second-order valence-electron chi connectivity index (χ2n) is 7.78. The van der Waals surface area contributed by atoms with Crippen molar-refractivity contribution in [1.29, 1.82) is 0 Å². The summed E-state index contributed by atoms with van der Waals surface area (Å²) in [5.41, 5.74) is -11.5. The zero-order valence-corrected chi connectivity index (χ0v) is 16.3. The summed E-state index contributed by atoms with van der Waals surface area (Å²) in [4.78, 5) is 0. The fourth-order valence-corrected chi connectivity index (χ4v) is 4.26. The lowest BCUT2D eigenvalue weighted by Crippen LogP contribution is -2.58. The maximum absolute atomic E-state index is 16.2. The molecule has 0 N–H and O–H groups in total. The number of rotatable bonds is 1. The largest absolute Gasteiger partial charge is 0.458 e. The highest BCUT2D eigenvalue weighted by Crippen LogP contribution is 2.72. The number of ether oxygens (including phenoxy) is 2. The van der Waals surface area contributed by atoms with Crippen LogP contribution in [0.3, 0.4) is 0 Å². The number of fused-ring (bicyclic) bond motifs is 4. The van der Waals surface area contributed by atoms with Gasteiger partial charge in [0.05, 0.1) is 13.7 Å². The summed E-state index contributed by atoms with van der Waals surface area (Å²) in [5.74, 6) is -33.1. The molecule has 3 aromatic rings. The number of hydrogen-bond acceptors (Lipinski definition) is 2. The molecule has 6 rings (SSSR count). The zero-order chi connectivity index (χ0) is 33.9. The molecule has 3 aromatic carbocycles. The molecule has 12 heteroatoms. The van der Waals surface area contributed by atoms with Crippen LogP contribution in [0.2, 0.25) is 0 Å². The van der Waals surface area contributed by atoms with Gasteiger partial charge in [-0.3, -0.25) is 0 Å². The van der Waals surface area contributed by atoms with Gasteiger partial charge in [-0.25, -0.2) is 4.39 Å². The van der Waals surface area contributed by atoms with Crippen molar-refractivity contribution in [2.45, 2.75) is 29.4 Å². The van der Waals surface area contributed by atoms with Crippen LogP contribution < -0.4 is 25.9 Å². The number of benzene rings is 3. The first-order valence-electron chi connectivity index (χ1n) is 14.4. The van der Waals surface area contributed by atoms with Crippen molar-refractivity contribution in [1.82, 2.24) is 0 Å². The average Bonchev–Trinajstić information content (AvgIpc) is 3.02. The van der Waals surface area contributed by atoms with Crippen LogP contribution in [0.1, 0.15) is 19.3 Å². The van der Waals surface area contributed by atoms with Gasteiger partial charge in [-0.15, -0.1) is 0 Å². The van der Waals surface area contributed by atoms with Gasteiger partial charge in [0.25, 0.3) is 12.4 Å². The van der Waals surface area contributed by atoms with Gasteiger partial charge in [0.1, 0.15) is 23.0 Å². The van der Waals surface area contributed by atoms with E-state index in [2.05, 4.69) is 0 Å². The van der Waals surface area contributed by atoms with Crippen LogP contribution in [0.25, 0.3) is 0 Å². The number of hydrogen-bond donors (Lipinski definition) is 0. The Balaban J connectivity index is 1.82. The van der Waals surface area contributed by atoms with Gasteiger partial charge in [-0.1, -0.05) is 36.3 Å².